The highest BCUT2D eigenvalue weighted by atomic mass is 32.2. The van der Waals surface area contributed by atoms with Crippen molar-refractivity contribution >= 4 is 23.5 Å². The summed E-state index contributed by atoms with van der Waals surface area (Å²) in [6, 6.07) is 0. The van der Waals surface area contributed by atoms with Gasteiger partial charge in [0.1, 0.15) is 0 Å². The molecule has 2 heteroatoms. The van der Waals surface area contributed by atoms with Crippen molar-refractivity contribution in [3.05, 3.63) is 22.3 Å². The molecule has 0 saturated carbocycles. The average molecular weight is 146 g/mol. The van der Waals surface area contributed by atoms with Crippen LogP contribution in [0, 0.1) is 0 Å². The lowest BCUT2D eigenvalue weighted by Crippen LogP contribution is -1.62. The quantitative estimate of drug-likeness (QED) is 0.600. The molecule has 0 heterocycles. The molecule has 46 valence electrons. The summed E-state index contributed by atoms with van der Waals surface area (Å²) < 4.78 is 1.11. The van der Waals surface area contributed by atoms with E-state index in [2.05, 4.69) is 13.2 Å². The van der Waals surface area contributed by atoms with E-state index in [1.54, 1.807) is 23.5 Å². The number of hydrogen-bond donors (Lipinski definition) is 0. The molecule has 0 bridgehead atoms. The highest BCUT2D eigenvalue weighted by Crippen LogP contribution is 2.28. The lowest BCUT2D eigenvalue weighted by molar-refractivity contribution is 1.73. The fourth-order valence-electron chi connectivity index (χ4n) is 0.236. The van der Waals surface area contributed by atoms with Gasteiger partial charge in [0.25, 0.3) is 0 Å². The van der Waals surface area contributed by atoms with Crippen LogP contribution in [0.5, 0.6) is 0 Å². The third-order valence-electron chi connectivity index (χ3n) is 0.516. The van der Waals surface area contributed by atoms with E-state index in [0.29, 0.717) is 0 Å². The summed E-state index contributed by atoms with van der Waals surface area (Å²) in [4.78, 5) is 1.10. The summed E-state index contributed by atoms with van der Waals surface area (Å²) in [5, 5.41) is 0. The van der Waals surface area contributed by atoms with Crippen LogP contribution < -0.4 is 0 Å². The number of hydrogen-bond acceptors (Lipinski definition) is 2. The zero-order chi connectivity index (χ0) is 6.57. The van der Waals surface area contributed by atoms with Gasteiger partial charge in [-0.25, -0.2) is 0 Å². The van der Waals surface area contributed by atoms with E-state index >= 15 is 0 Å². The first-order valence-corrected chi connectivity index (χ1v) is 4.27. The highest BCUT2D eigenvalue weighted by Gasteiger charge is 1.89. The molecule has 0 aliphatic heterocycles. The van der Waals surface area contributed by atoms with Crippen LogP contribution in [0.2, 0.25) is 0 Å². The van der Waals surface area contributed by atoms with Gasteiger partial charge in [0, 0.05) is 4.24 Å². The molecular weight excluding hydrogens is 136 g/mol. The van der Waals surface area contributed by atoms with Crippen molar-refractivity contribution in [3.63, 3.8) is 0 Å². The first kappa shape index (κ1) is 8.18. The Bertz CT molecular complexity index is 105. The Balaban J connectivity index is 3.40. The molecule has 0 unspecified atom stereocenters. The maximum Gasteiger partial charge on any atom is 0.0371 e. The SMILES string of the molecule is C=C(C)SC(=C)SC. The molecule has 0 N–H and O–H groups in total. The van der Waals surface area contributed by atoms with Crippen molar-refractivity contribution < 1.29 is 0 Å². The standard InChI is InChI=1S/C6H10S2/c1-5(2)8-6(3)7-4/h1,3H2,2,4H3. The maximum atomic E-state index is 3.78. The number of rotatable bonds is 3. The summed E-state index contributed by atoms with van der Waals surface area (Å²) in [6.45, 7) is 9.49. The zero-order valence-corrected chi connectivity index (χ0v) is 6.86. The topological polar surface area (TPSA) is 0 Å². The summed E-state index contributed by atoms with van der Waals surface area (Å²) in [6.07, 6.45) is 2.01. The molecule has 0 aromatic rings. The molecular formula is C6H10S2. The van der Waals surface area contributed by atoms with Crippen LogP contribution in [0.3, 0.4) is 0 Å². The molecule has 0 radical (unpaired) electrons. The Kier molecular flexibility index (Phi) is 4.19. The van der Waals surface area contributed by atoms with Crippen LogP contribution in [-0.2, 0) is 0 Å². The highest BCUT2D eigenvalue weighted by molar-refractivity contribution is 8.23. The molecule has 0 rings (SSSR count). The van der Waals surface area contributed by atoms with Crippen LogP contribution in [-0.4, -0.2) is 6.26 Å². The van der Waals surface area contributed by atoms with Gasteiger partial charge in [-0.1, -0.05) is 24.9 Å². The van der Waals surface area contributed by atoms with Crippen molar-refractivity contribution in [2.45, 2.75) is 6.92 Å². The van der Waals surface area contributed by atoms with Crippen LogP contribution in [0.4, 0.5) is 0 Å². The van der Waals surface area contributed by atoms with Crippen molar-refractivity contribution in [1.29, 1.82) is 0 Å². The predicted octanol–water partition coefficient (Wildman–Crippen LogP) is 3.09. The number of allylic oxidation sites excluding steroid dienone is 1. The van der Waals surface area contributed by atoms with E-state index in [0.717, 1.165) is 9.14 Å². The fourth-order valence-corrected chi connectivity index (χ4v) is 1.38. The Morgan fingerprint density at radius 2 is 1.88 bits per heavy atom. The molecule has 0 aromatic heterocycles. The summed E-state index contributed by atoms with van der Waals surface area (Å²) in [5.41, 5.74) is 0. The van der Waals surface area contributed by atoms with Crippen LogP contribution in [0.25, 0.3) is 0 Å². The van der Waals surface area contributed by atoms with Gasteiger partial charge in [-0.05, 0) is 18.1 Å². The Morgan fingerprint density at radius 1 is 1.38 bits per heavy atom. The lowest BCUT2D eigenvalue weighted by Gasteiger charge is -1.96. The molecule has 0 amide bonds. The first-order valence-electron chi connectivity index (χ1n) is 2.23. The second-order valence-corrected chi connectivity index (χ2v) is 3.93. The Labute approximate surface area is 59.4 Å². The van der Waals surface area contributed by atoms with Crippen LogP contribution in [0.15, 0.2) is 22.3 Å². The Morgan fingerprint density at radius 3 is 2.00 bits per heavy atom. The molecule has 0 aromatic carbocycles. The van der Waals surface area contributed by atoms with Crippen LogP contribution >= 0.6 is 23.5 Å². The van der Waals surface area contributed by atoms with E-state index in [-0.39, 0.29) is 0 Å². The van der Waals surface area contributed by atoms with E-state index < -0.39 is 0 Å². The lowest BCUT2D eigenvalue weighted by atomic mass is 10.8. The van der Waals surface area contributed by atoms with E-state index in [9.17, 15) is 0 Å². The average Bonchev–Trinajstić information content (AvgIpc) is 1.65. The van der Waals surface area contributed by atoms with Crippen molar-refractivity contribution in [3.8, 4) is 0 Å². The molecule has 8 heavy (non-hydrogen) atoms. The van der Waals surface area contributed by atoms with Gasteiger partial charge in [0.2, 0.25) is 0 Å². The summed E-state index contributed by atoms with van der Waals surface area (Å²) in [5.74, 6) is 0. The Hall–Kier alpha value is 0.180. The van der Waals surface area contributed by atoms with Crippen molar-refractivity contribution in [2.24, 2.45) is 0 Å². The van der Waals surface area contributed by atoms with E-state index in [1.807, 2.05) is 13.2 Å². The van der Waals surface area contributed by atoms with Gasteiger partial charge >= 0.3 is 0 Å². The normalized spacial score (nSPS) is 8.75. The van der Waals surface area contributed by atoms with E-state index in [4.69, 9.17) is 0 Å². The summed E-state index contributed by atoms with van der Waals surface area (Å²) >= 11 is 3.29. The predicted molar refractivity (Wildman–Crippen MR) is 45.1 cm³/mol. The third-order valence-corrected chi connectivity index (χ3v) is 2.30. The summed E-state index contributed by atoms with van der Waals surface area (Å²) in [7, 11) is 0. The second-order valence-electron chi connectivity index (χ2n) is 1.38. The van der Waals surface area contributed by atoms with Gasteiger partial charge < -0.3 is 0 Å². The smallest absolute Gasteiger partial charge is 0.0371 e. The molecule has 0 fully saturated rings. The zero-order valence-electron chi connectivity index (χ0n) is 5.23. The maximum absolute atomic E-state index is 3.78. The monoisotopic (exact) mass is 146 g/mol. The van der Waals surface area contributed by atoms with Gasteiger partial charge in [-0.2, -0.15) is 0 Å². The molecule has 0 nitrogen and oxygen atoms in total. The molecule has 0 atom stereocenters. The van der Waals surface area contributed by atoms with Gasteiger partial charge in [-0.3, -0.25) is 0 Å². The van der Waals surface area contributed by atoms with Crippen molar-refractivity contribution in [1.82, 2.24) is 0 Å². The van der Waals surface area contributed by atoms with Crippen molar-refractivity contribution in [2.75, 3.05) is 6.26 Å². The minimum absolute atomic E-state index is 1.10. The third kappa shape index (κ3) is 4.34. The second kappa shape index (κ2) is 4.10. The first-order chi connectivity index (χ1) is 3.66. The molecule has 0 aliphatic carbocycles. The molecule has 0 saturated heterocycles. The molecule has 0 spiro atoms. The fraction of sp³-hybridized carbons (Fsp3) is 0.333. The van der Waals surface area contributed by atoms with Gasteiger partial charge in [0.05, 0.1) is 0 Å². The van der Waals surface area contributed by atoms with Gasteiger partial charge in [-0.15, -0.1) is 11.8 Å². The van der Waals surface area contributed by atoms with Crippen LogP contribution in [0.1, 0.15) is 6.92 Å². The minimum Gasteiger partial charge on any atom is -0.123 e. The number of thioether (sulfide) groups is 2. The van der Waals surface area contributed by atoms with E-state index in [1.165, 1.54) is 0 Å². The largest absolute Gasteiger partial charge is 0.123 e. The van der Waals surface area contributed by atoms with Gasteiger partial charge in [0.15, 0.2) is 0 Å². The molecule has 0 aliphatic rings. The minimum atomic E-state index is 1.10.